The summed E-state index contributed by atoms with van der Waals surface area (Å²) in [6.07, 6.45) is -0.644. The molecule has 2 aromatic rings. The Hall–Kier alpha value is -1.47. The Morgan fingerprint density at radius 2 is 2.10 bits per heavy atom. The Morgan fingerprint density at radius 3 is 2.81 bits per heavy atom. The quantitative estimate of drug-likeness (QED) is 0.776. The Kier molecular flexibility index (Phi) is 3.71. The number of fused-ring (bicyclic) bond motifs is 1. The zero-order valence-corrected chi connectivity index (χ0v) is 12.0. The third kappa shape index (κ3) is 2.24. The van der Waals surface area contributed by atoms with Gasteiger partial charge < -0.3 is 24.6 Å². The summed E-state index contributed by atoms with van der Waals surface area (Å²) in [5, 5.41) is 31.2. The maximum absolute atomic E-state index is 10.2. The summed E-state index contributed by atoms with van der Waals surface area (Å²) in [5.74, 6) is 0. The number of hydrogen-bond donors (Lipinski definition) is 3. The Balaban J connectivity index is 1.98. The topological polar surface area (TPSA) is 87.7 Å². The fourth-order valence-electron chi connectivity index (χ4n) is 2.86. The molecule has 0 radical (unpaired) electrons. The van der Waals surface area contributed by atoms with E-state index in [2.05, 4.69) is 4.98 Å². The second-order valence-electron chi connectivity index (χ2n) is 5.54. The Labute approximate surface area is 122 Å². The van der Waals surface area contributed by atoms with Crippen LogP contribution in [0.1, 0.15) is 25.1 Å². The molecule has 0 saturated carbocycles. The fraction of sp³-hybridized carbons (Fsp3) is 0.533. The van der Waals surface area contributed by atoms with Crippen LogP contribution in [0.15, 0.2) is 24.5 Å². The van der Waals surface area contributed by atoms with E-state index in [9.17, 15) is 15.3 Å². The molecule has 0 bridgehead atoms. The van der Waals surface area contributed by atoms with Gasteiger partial charge in [0.15, 0.2) is 6.23 Å². The zero-order valence-electron chi connectivity index (χ0n) is 12.0. The van der Waals surface area contributed by atoms with Gasteiger partial charge in [0.25, 0.3) is 0 Å². The molecule has 1 fully saturated rings. The van der Waals surface area contributed by atoms with Crippen LogP contribution in [0.5, 0.6) is 0 Å². The molecule has 6 nitrogen and oxygen atoms in total. The summed E-state index contributed by atoms with van der Waals surface area (Å²) in [7, 11) is 0. The van der Waals surface area contributed by atoms with E-state index in [1.807, 2.05) is 19.1 Å². The second-order valence-corrected chi connectivity index (χ2v) is 5.54. The minimum absolute atomic E-state index is 0.449. The maximum atomic E-state index is 10.2. The van der Waals surface area contributed by atoms with Gasteiger partial charge in [-0.05, 0) is 31.0 Å². The predicted octanol–water partition coefficient (Wildman–Crippen LogP) is 0.735. The van der Waals surface area contributed by atoms with Crippen LogP contribution in [0.2, 0.25) is 0 Å². The summed E-state index contributed by atoms with van der Waals surface area (Å²) in [4.78, 5) is 4.32. The van der Waals surface area contributed by atoms with Crippen molar-refractivity contribution < 1.29 is 20.1 Å². The first-order valence-corrected chi connectivity index (χ1v) is 7.16. The van der Waals surface area contributed by atoms with E-state index in [-0.39, 0.29) is 0 Å². The molecule has 1 aliphatic heterocycles. The van der Waals surface area contributed by atoms with Gasteiger partial charge in [-0.25, -0.2) is 4.98 Å². The molecule has 21 heavy (non-hydrogen) atoms. The van der Waals surface area contributed by atoms with Crippen LogP contribution in [0.3, 0.4) is 0 Å². The molecule has 5 atom stereocenters. The number of aryl methyl sites for hydroxylation is 1. The maximum Gasteiger partial charge on any atom is 0.164 e. The van der Waals surface area contributed by atoms with E-state index in [0.29, 0.717) is 12.1 Å². The molecule has 0 aromatic carbocycles. The SMILES string of the molecule is CCC(O)C1OC(n2ccc3c(C)ccnc32)C(O)C1O. The molecule has 1 aliphatic rings. The minimum Gasteiger partial charge on any atom is -0.390 e. The van der Waals surface area contributed by atoms with Crippen molar-refractivity contribution in [3.8, 4) is 0 Å². The molecule has 0 spiro atoms. The van der Waals surface area contributed by atoms with Crippen LogP contribution in [0, 0.1) is 6.92 Å². The summed E-state index contributed by atoms with van der Waals surface area (Å²) < 4.78 is 7.41. The number of hydrogen-bond acceptors (Lipinski definition) is 5. The highest BCUT2D eigenvalue weighted by atomic mass is 16.6. The van der Waals surface area contributed by atoms with E-state index in [1.165, 1.54) is 0 Å². The first-order chi connectivity index (χ1) is 10.0. The molecule has 0 amide bonds. The highest BCUT2D eigenvalue weighted by Gasteiger charge is 2.46. The summed E-state index contributed by atoms with van der Waals surface area (Å²) in [6.45, 7) is 3.79. The summed E-state index contributed by atoms with van der Waals surface area (Å²) in [6, 6.07) is 3.82. The predicted molar refractivity (Wildman–Crippen MR) is 76.7 cm³/mol. The number of rotatable bonds is 3. The summed E-state index contributed by atoms with van der Waals surface area (Å²) in [5.41, 5.74) is 1.77. The molecule has 0 aliphatic carbocycles. The Morgan fingerprint density at radius 1 is 1.33 bits per heavy atom. The number of aliphatic hydroxyl groups excluding tert-OH is 3. The van der Waals surface area contributed by atoms with Gasteiger partial charge in [0.05, 0.1) is 6.10 Å². The van der Waals surface area contributed by atoms with Crippen LogP contribution in [-0.4, -0.2) is 49.3 Å². The first-order valence-electron chi connectivity index (χ1n) is 7.16. The molecule has 114 valence electrons. The van der Waals surface area contributed by atoms with Crippen molar-refractivity contribution in [1.82, 2.24) is 9.55 Å². The smallest absolute Gasteiger partial charge is 0.164 e. The largest absolute Gasteiger partial charge is 0.390 e. The number of nitrogens with zero attached hydrogens (tertiary/aromatic N) is 2. The number of aliphatic hydroxyl groups is 3. The number of aromatic nitrogens is 2. The van der Waals surface area contributed by atoms with E-state index in [0.717, 1.165) is 10.9 Å². The first kappa shape index (κ1) is 14.5. The molecular weight excluding hydrogens is 272 g/mol. The van der Waals surface area contributed by atoms with Crippen LogP contribution in [0.25, 0.3) is 11.0 Å². The molecule has 6 heteroatoms. The lowest BCUT2D eigenvalue weighted by Crippen LogP contribution is -2.38. The van der Waals surface area contributed by atoms with Crippen molar-refractivity contribution in [3.63, 3.8) is 0 Å². The zero-order chi connectivity index (χ0) is 15.1. The highest BCUT2D eigenvalue weighted by molar-refractivity contribution is 5.79. The molecule has 5 unspecified atom stereocenters. The molecular formula is C15H20N2O4. The van der Waals surface area contributed by atoms with E-state index < -0.39 is 30.6 Å². The van der Waals surface area contributed by atoms with Gasteiger partial charge in [0.2, 0.25) is 0 Å². The second kappa shape index (κ2) is 5.38. The van der Waals surface area contributed by atoms with Crippen molar-refractivity contribution in [2.24, 2.45) is 0 Å². The van der Waals surface area contributed by atoms with Crippen LogP contribution < -0.4 is 0 Å². The Bertz CT molecular complexity index is 642. The molecule has 3 N–H and O–H groups in total. The summed E-state index contributed by atoms with van der Waals surface area (Å²) >= 11 is 0. The van der Waals surface area contributed by atoms with Crippen molar-refractivity contribution in [2.45, 2.75) is 50.9 Å². The third-order valence-electron chi connectivity index (χ3n) is 4.18. The van der Waals surface area contributed by atoms with Crippen molar-refractivity contribution in [2.75, 3.05) is 0 Å². The fourth-order valence-corrected chi connectivity index (χ4v) is 2.86. The minimum atomic E-state index is -1.12. The molecule has 3 heterocycles. The van der Waals surface area contributed by atoms with E-state index in [4.69, 9.17) is 4.74 Å². The van der Waals surface area contributed by atoms with Gasteiger partial charge in [-0.15, -0.1) is 0 Å². The lowest BCUT2D eigenvalue weighted by atomic mass is 10.0. The lowest BCUT2D eigenvalue weighted by Gasteiger charge is -2.19. The monoisotopic (exact) mass is 292 g/mol. The van der Waals surface area contributed by atoms with Crippen molar-refractivity contribution in [1.29, 1.82) is 0 Å². The standard InChI is InChI=1S/C15H20N2O4/c1-3-10(18)13-11(19)12(20)15(21-13)17-7-5-9-8(2)4-6-16-14(9)17/h4-7,10-13,15,18-20H,3H2,1-2H3. The average molecular weight is 292 g/mol. The average Bonchev–Trinajstić information content (AvgIpc) is 3.02. The van der Waals surface area contributed by atoms with Gasteiger partial charge in [0.1, 0.15) is 24.0 Å². The van der Waals surface area contributed by atoms with Gasteiger partial charge in [0, 0.05) is 17.8 Å². The van der Waals surface area contributed by atoms with Gasteiger partial charge in [-0.2, -0.15) is 0 Å². The van der Waals surface area contributed by atoms with Crippen LogP contribution in [-0.2, 0) is 4.74 Å². The van der Waals surface area contributed by atoms with Gasteiger partial charge in [-0.1, -0.05) is 6.92 Å². The number of pyridine rings is 1. The third-order valence-corrected chi connectivity index (χ3v) is 4.18. The molecule has 3 rings (SSSR count). The van der Waals surface area contributed by atoms with Crippen LogP contribution >= 0.6 is 0 Å². The van der Waals surface area contributed by atoms with Crippen molar-refractivity contribution >= 4 is 11.0 Å². The highest BCUT2D eigenvalue weighted by Crippen LogP contribution is 2.34. The van der Waals surface area contributed by atoms with Gasteiger partial charge >= 0.3 is 0 Å². The van der Waals surface area contributed by atoms with E-state index >= 15 is 0 Å². The number of ether oxygens (including phenoxy) is 1. The normalized spacial score (nSPS) is 30.9. The van der Waals surface area contributed by atoms with E-state index in [1.54, 1.807) is 23.9 Å². The van der Waals surface area contributed by atoms with Gasteiger partial charge in [-0.3, -0.25) is 0 Å². The molecule has 1 saturated heterocycles. The lowest BCUT2D eigenvalue weighted by molar-refractivity contribution is -0.0839. The van der Waals surface area contributed by atoms with Crippen LogP contribution in [0.4, 0.5) is 0 Å². The van der Waals surface area contributed by atoms with Crippen molar-refractivity contribution in [3.05, 3.63) is 30.1 Å². The molecule has 2 aromatic heterocycles.